The van der Waals surface area contributed by atoms with Crippen LogP contribution in [0.3, 0.4) is 0 Å². The van der Waals surface area contributed by atoms with Crippen LogP contribution < -0.4 is 31.8 Å². The molecule has 0 spiro atoms. The van der Waals surface area contributed by atoms with Crippen molar-refractivity contribution in [2.45, 2.75) is 12.4 Å². The highest BCUT2D eigenvalue weighted by atomic mass is 31.2. The molecular formula is C48H28F10N2O2P2. The lowest BCUT2D eigenvalue weighted by atomic mass is 9.91. The Bertz CT molecular complexity index is 2800. The third kappa shape index (κ3) is 7.75. The van der Waals surface area contributed by atoms with Gasteiger partial charge in [-0.3, -0.25) is 9.97 Å². The first kappa shape index (κ1) is 44.0. The summed E-state index contributed by atoms with van der Waals surface area (Å²) in [5, 5.41) is -2.37. The first-order valence-corrected chi connectivity index (χ1v) is 22.4. The van der Waals surface area contributed by atoms with Crippen LogP contribution in [-0.4, -0.2) is 9.97 Å². The molecule has 0 N–H and O–H groups in total. The van der Waals surface area contributed by atoms with E-state index in [1.807, 2.05) is 0 Å². The van der Waals surface area contributed by atoms with Crippen molar-refractivity contribution < 1.29 is 53.0 Å². The van der Waals surface area contributed by atoms with Crippen LogP contribution in [-0.2, 0) is 21.5 Å². The highest BCUT2D eigenvalue weighted by molar-refractivity contribution is 7.85. The van der Waals surface area contributed by atoms with E-state index >= 15 is 26.7 Å². The normalized spacial score (nSPS) is 12.3. The summed E-state index contributed by atoms with van der Waals surface area (Å²) in [6.07, 6.45) is -9.19. The third-order valence-electron chi connectivity index (χ3n) is 10.5. The first-order valence-electron chi connectivity index (χ1n) is 19.0. The van der Waals surface area contributed by atoms with E-state index in [-0.39, 0.29) is 21.2 Å². The fraction of sp³-hybridized carbons (Fsp3) is 0.0417. The lowest BCUT2D eigenvalue weighted by Gasteiger charge is -2.26. The molecule has 4 nitrogen and oxygen atoms in total. The molecule has 0 amide bonds. The van der Waals surface area contributed by atoms with Crippen molar-refractivity contribution in [1.82, 2.24) is 9.97 Å². The Morgan fingerprint density at radius 1 is 0.391 bits per heavy atom. The van der Waals surface area contributed by atoms with E-state index in [9.17, 15) is 26.3 Å². The molecule has 64 heavy (non-hydrogen) atoms. The highest BCUT2D eigenvalue weighted by Crippen LogP contribution is 2.51. The summed E-state index contributed by atoms with van der Waals surface area (Å²) >= 11 is 0. The molecule has 0 atom stereocenters. The second-order valence-electron chi connectivity index (χ2n) is 14.3. The van der Waals surface area contributed by atoms with Gasteiger partial charge in [-0.25, -0.2) is 17.6 Å². The predicted molar refractivity (Wildman–Crippen MR) is 227 cm³/mol. The zero-order chi connectivity index (χ0) is 45.6. The molecule has 0 radical (unpaired) electrons. The molecule has 322 valence electrons. The van der Waals surface area contributed by atoms with E-state index in [1.54, 1.807) is 24.3 Å². The molecule has 2 aromatic heterocycles. The van der Waals surface area contributed by atoms with Gasteiger partial charge in [-0.15, -0.1) is 0 Å². The van der Waals surface area contributed by atoms with Crippen molar-refractivity contribution in [2.24, 2.45) is 0 Å². The number of alkyl halides is 6. The zero-order valence-corrected chi connectivity index (χ0v) is 34.3. The Morgan fingerprint density at radius 2 is 0.672 bits per heavy atom. The maximum Gasteiger partial charge on any atom is 0.417 e. The quantitative estimate of drug-likeness (QED) is 0.107. The van der Waals surface area contributed by atoms with E-state index in [2.05, 4.69) is 9.97 Å². The van der Waals surface area contributed by atoms with E-state index in [0.717, 1.165) is 12.1 Å². The van der Waals surface area contributed by atoms with Gasteiger partial charge in [-0.05, 0) is 47.5 Å². The molecule has 2 heterocycles. The summed E-state index contributed by atoms with van der Waals surface area (Å²) < 4.78 is 184. The highest BCUT2D eigenvalue weighted by Gasteiger charge is 2.42. The number of hydrogen-bond acceptors (Lipinski definition) is 4. The fourth-order valence-electron chi connectivity index (χ4n) is 7.51. The standard InChI is InChI=1S/C48H28F10N2O2P2/c49-37-25-35(41(39-23-21-29(27-59-39)47(53,54)55)43(51)45(37)63(61,31-13-5-1-6-14-31)32-15-7-2-8-16-32)36-26-38(50)46(44(52)42(36)40-24-22-30(28-60-40)48(56,57)58)64(62,33-17-9-3-10-18-33)34-19-11-4-12-20-34/h1-28H. The average molecular weight is 917 g/mol. The van der Waals surface area contributed by atoms with Gasteiger partial charge in [0, 0.05) is 44.7 Å². The molecular weight excluding hydrogens is 888 g/mol. The van der Waals surface area contributed by atoms with Crippen LogP contribution in [0.1, 0.15) is 11.1 Å². The summed E-state index contributed by atoms with van der Waals surface area (Å²) in [5.41, 5.74) is -7.20. The van der Waals surface area contributed by atoms with Crippen LogP contribution in [0.25, 0.3) is 33.6 Å². The number of aromatic nitrogens is 2. The molecule has 16 heteroatoms. The molecule has 0 aliphatic heterocycles. The molecule has 0 saturated heterocycles. The Balaban J connectivity index is 1.52. The van der Waals surface area contributed by atoms with Gasteiger partial charge in [0.2, 0.25) is 0 Å². The number of pyridine rings is 2. The van der Waals surface area contributed by atoms with E-state index < -0.39 is 105 Å². The second-order valence-corrected chi connectivity index (χ2v) is 19.7. The van der Waals surface area contributed by atoms with E-state index in [1.165, 1.54) is 97.1 Å². The molecule has 0 aliphatic rings. The van der Waals surface area contributed by atoms with Gasteiger partial charge in [0.1, 0.15) is 23.3 Å². The molecule has 8 rings (SSSR count). The fourth-order valence-corrected chi connectivity index (χ4v) is 13.0. The predicted octanol–water partition coefficient (Wildman–Crippen LogP) is 11.4. The second kappa shape index (κ2) is 16.8. The van der Waals surface area contributed by atoms with Crippen molar-refractivity contribution in [3.8, 4) is 33.6 Å². The van der Waals surface area contributed by atoms with Gasteiger partial charge >= 0.3 is 12.4 Å². The molecule has 0 bridgehead atoms. The topological polar surface area (TPSA) is 59.9 Å². The van der Waals surface area contributed by atoms with Gasteiger partial charge in [0.25, 0.3) is 0 Å². The summed E-state index contributed by atoms with van der Waals surface area (Å²) in [7, 11) is -9.23. The average Bonchev–Trinajstić information content (AvgIpc) is 3.29. The van der Waals surface area contributed by atoms with Crippen LogP contribution in [0.4, 0.5) is 43.9 Å². The van der Waals surface area contributed by atoms with Crippen LogP contribution >= 0.6 is 14.3 Å². The van der Waals surface area contributed by atoms with Crippen molar-refractivity contribution in [3.05, 3.63) is 205 Å². The summed E-state index contributed by atoms with van der Waals surface area (Å²) in [4.78, 5) is 7.68. The van der Waals surface area contributed by atoms with Gasteiger partial charge in [-0.1, -0.05) is 121 Å². The molecule has 0 fully saturated rings. The molecule has 6 aromatic carbocycles. The number of benzene rings is 6. The van der Waals surface area contributed by atoms with Crippen LogP contribution in [0, 0.1) is 23.3 Å². The van der Waals surface area contributed by atoms with Crippen molar-refractivity contribution in [2.75, 3.05) is 0 Å². The van der Waals surface area contributed by atoms with Crippen molar-refractivity contribution in [3.63, 3.8) is 0 Å². The Hall–Kier alpha value is -6.62. The molecule has 0 unspecified atom stereocenters. The Kier molecular flexibility index (Phi) is 11.6. The third-order valence-corrected chi connectivity index (χ3v) is 16.7. The first-order chi connectivity index (χ1) is 30.5. The minimum Gasteiger partial charge on any atom is -0.308 e. The monoisotopic (exact) mass is 916 g/mol. The summed E-state index contributed by atoms with van der Waals surface area (Å²) in [6.45, 7) is 0. The van der Waals surface area contributed by atoms with Crippen molar-refractivity contribution >= 4 is 46.1 Å². The van der Waals surface area contributed by atoms with Gasteiger partial charge in [-0.2, -0.15) is 26.3 Å². The maximum atomic E-state index is 17.9. The van der Waals surface area contributed by atoms with Gasteiger partial charge < -0.3 is 9.13 Å². The van der Waals surface area contributed by atoms with Crippen LogP contribution in [0.2, 0.25) is 0 Å². The Morgan fingerprint density at radius 3 is 0.906 bits per heavy atom. The van der Waals surface area contributed by atoms with E-state index in [0.29, 0.717) is 36.7 Å². The largest absolute Gasteiger partial charge is 0.417 e. The summed E-state index contributed by atoms with van der Waals surface area (Å²) in [6, 6.07) is 32.4. The number of nitrogens with zero attached hydrogens (tertiary/aromatic N) is 2. The van der Waals surface area contributed by atoms with E-state index in [4.69, 9.17) is 0 Å². The minimum atomic E-state index is -4.94. The lowest BCUT2D eigenvalue weighted by Crippen LogP contribution is -2.31. The number of hydrogen-bond donors (Lipinski definition) is 0. The van der Waals surface area contributed by atoms with Gasteiger partial charge in [0.15, 0.2) is 14.3 Å². The maximum absolute atomic E-state index is 17.9. The van der Waals surface area contributed by atoms with Crippen molar-refractivity contribution in [1.29, 1.82) is 0 Å². The number of halogens is 10. The molecule has 0 saturated carbocycles. The minimum absolute atomic E-state index is 0.0632. The molecule has 0 aliphatic carbocycles. The smallest absolute Gasteiger partial charge is 0.308 e. The zero-order valence-electron chi connectivity index (χ0n) is 32.6. The van der Waals surface area contributed by atoms with Crippen LogP contribution in [0.5, 0.6) is 0 Å². The lowest BCUT2D eigenvalue weighted by molar-refractivity contribution is -0.138. The SMILES string of the molecule is O=P(c1ccccc1)(c1ccccc1)c1c(F)cc(-c2cc(F)c(P(=O)(c3ccccc3)c3ccccc3)c(F)c2-c2ccc(C(F)(F)F)cn2)c(-c2ccc(C(F)(F)F)cn2)c1F. The summed E-state index contributed by atoms with van der Waals surface area (Å²) in [5.74, 6) is -6.35. The van der Waals surface area contributed by atoms with Crippen LogP contribution in [0.15, 0.2) is 170 Å². The van der Waals surface area contributed by atoms with Gasteiger partial charge in [0.05, 0.1) is 33.1 Å². The Labute approximate surface area is 358 Å². The number of rotatable bonds is 9. The molecule has 8 aromatic rings.